The van der Waals surface area contributed by atoms with Gasteiger partial charge in [-0.25, -0.2) is 4.98 Å². The highest BCUT2D eigenvalue weighted by atomic mass is 35.5. The third-order valence-electron chi connectivity index (χ3n) is 2.02. The molecule has 0 fully saturated rings. The van der Waals surface area contributed by atoms with Gasteiger partial charge in [0, 0.05) is 6.54 Å². The van der Waals surface area contributed by atoms with Gasteiger partial charge in [0.15, 0.2) is 0 Å². The van der Waals surface area contributed by atoms with Gasteiger partial charge in [-0.15, -0.1) is 0 Å². The molecule has 0 bridgehead atoms. The van der Waals surface area contributed by atoms with Crippen LogP contribution < -0.4 is 10.1 Å². The quantitative estimate of drug-likeness (QED) is 0.738. The molecular formula is C12H20ClN3O2. The van der Waals surface area contributed by atoms with Gasteiger partial charge in [0.25, 0.3) is 0 Å². The molecule has 6 heteroatoms. The van der Waals surface area contributed by atoms with E-state index in [2.05, 4.69) is 22.2 Å². The SMILES string of the molecule is CCCNc1ncc(Cl)c(OCCOC(C)C)n1. The van der Waals surface area contributed by atoms with E-state index in [1.165, 1.54) is 6.20 Å². The molecule has 0 amide bonds. The van der Waals surface area contributed by atoms with E-state index in [1.54, 1.807) is 0 Å². The molecule has 0 aliphatic heterocycles. The van der Waals surface area contributed by atoms with Gasteiger partial charge >= 0.3 is 0 Å². The predicted octanol–water partition coefficient (Wildman–Crippen LogP) is 2.76. The van der Waals surface area contributed by atoms with Gasteiger partial charge in [0.2, 0.25) is 11.8 Å². The van der Waals surface area contributed by atoms with Crippen LogP contribution in [-0.4, -0.2) is 35.8 Å². The van der Waals surface area contributed by atoms with Crippen LogP contribution in [0.3, 0.4) is 0 Å². The molecule has 0 unspecified atom stereocenters. The number of rotatable bonds is 8. The van der Waals surface area contributed by atoms with Crippen LogP contribution in [0.25, 0.3) is 0 Å². The van der Waals surface area contributed by atoms with E-state index in [1.807, 2.05) is 13.8 Å². The molecule has 1 heterocycles. The number of nitrogens with one attached hydrogen (secondary N) is 1. The lowest BCUT2D eigenvalue weighted by molar-refractivity contribution is 0.0543. The first-order valence-corrected chi connectivity index (χ1v) is 6.52. The largest absolute Gasteiger partial charge is 0.474 e. The lowest BCUT2D eigenvalue weighted by atomic mass is 10.5. The molecule has 0 aliphatic rings. The predicted molar refractivity (Wildman–Crippen MR) is 72.4 cm³/mol. The molecule has 1 rings (SSSR count). The molecule has 0 aromatic carbocycles. The van der Waals surface area contributed by atoms with Gasteiger partial charge in [0.1, 0.15) is 11.6 Å². The van der Waals surface area contributed by atoms with E-state index in [4.69, 9.17) is 21.1 Å². The van der Waals surface area contributed by atoms with Crippen molar-refractivity contribution in [2.24, 2.45) is 0 Å². The van der Waals surface area contributed by atoms with Crippen LogP contribution in [0.2, 0.25) is 5.02 Å². The minimum absolute atomic E-state index is 0.191. The van der Waals surface area contributed by atoms with Gasteiger partial charge in [-0.1, -0.05) is 18.5 Å². The number of halogens is 1. The standard InChI is InChI=1S/C12H20ClN3O2/c1-4-5-14-12-15-8-10(13)11(16-12)18-7-6-17-9(2)3/h8-9H,4-7H2,1-3H3,(H,14,15,16). The van der Waals surface area contributed by atoms with E-state index in [9.17, 15) is 0 Å². The Hall–Kier alpha value is -1.07. The zero-order chi connectivity index (χ0) is 13.4. The minimum atomic E-state index is 0.191. The maximum atomic E-state index is 5.95. The van der Waals surface area contributed by atoms with Gasteiger partial charge < -0.3 is 14.8 Å². The second-order valence-corrected chi connectivity index (χ2v) is 4.45. The molecule has 0 atom stereocenters. The van der Waals surface area contributed by atoms with Crippen LogP contribution in [0.15, 0.2) is 6.20 Å². The van der Waals surface area contributed by atoms with Crippen molar-refractivity contribution in [3.05, 3.63) is 11.2 Å². The Bertz CT molecular complexity index is 361. The molecule has 102 valence electrons. The van der Waals surface area contributed by atoms with E-state index in [0.717, 1.165) is 13.0 Å². The van der Waals surface area contributed by atoms with Gasteiger partial charge in [-0.05, 0) is 20.3 Å². The van der Waals surface area contributed by atoms with Crippen molar-refractivity contribution in [3.8, 4) is 5.88 Å². The van der Waals surface area contributed by atoms with Crippen LogP contribution in [0.1, 0.15) is 27.2 Å². The monoisotopic (exact) mass is 273 g/mol. The Morgan fingerprint density at radius 2 is 2.17 bits per heavy atom. The summed E-state index contributed by atoms with van der Waals surface area (Å²) in [4.78, 5) is 8.26. The second kappa shape index (κ2) is 8.11. The van der Waals surface area contributed by atoms with E-state index < -0.39 is 0 Å². The number of hydrogen-bond donors (Lipinski definition) is 1. The van der Waals surface area contributed by atoms with E-state index in [0.29, 0.717) is 30.1 Å². The summed E-state index contributed by atoms with van der Waals surface area (Å²) in [5, 5.41) is 3.48. The molecule has 0 saturated carbocycles. The third kappa shape index (κ3) is 5.51. The maximum Gasteiger partial charge on any atom is 0.237 e. The first-order chi connectivity index (χ1) is 8.63. The molecule has 5 nitrogen and oxygen atoms in total. The summed E-state index contributed by atoms with van der Waals surface area (Å²) in [6.07, 6.45) is 2.73. The van der Waals surface area contributed by atoms with E-state index >= 15 is 0 Å². The average molecular weight is 274 g/mol. The summed E-state index contributed by atoms with van der Waals surface area (Å²) in [6, 6.07) is 0. The Morgan fingerprint density at radius 1 is 1.39 bits per heavy atom. The molecule has 0 saturated heterocycles. The molecule has 0 spiro atoms. The lowest BCUT2D eigenvalue weighted by Crippen LogP contribution is -2.12. The number of aromatic nitrogens is 2. The second-order valence-electron chi connectivity index (χ2n) is 4.04. The van der Waals surface area contributed by atoms with Crippen molar-refractivity contribution >= 4 is 17.5 Å². The fourth-order valence-corrected chi connectivity index (χ4v) is 1.34. The van der Waals surface area contributed by atoms with Crippen molar-refractivity contribution in [1.29, 1.82) is 0 Å². The Balaban J connectivity index is 2.47. The number of anilines is 1. The molecule has 1 aromatic heterocycles. The molecule has 18 heavy (non-hydrogen) atoms. The highest BCUT2D eigenvalue weighted by Gasteiger charge is 2.06. The smallest absolute Gasteiger partial charge is 0.237 e. The molecule has 0 radical (unpaired) electrons. The zero-order valence-electron chi connectivity index (χ0n) is 11.1. The maximum absolute atomic E-state index is 5.95. The molecule has 1 N–H and O–H groups in total. The van der Waals surface area contributed by atoms with Crippen LogP contribution in [-0.2, 0) is 4.74 Å². The Kier molecular flexibility index (Phi) is 6.75. The Morgan fingerprint density at radius 3 is 2.83 bits per heavy atom. The van der Waals surface area contributed by atoms with Crippen molar-refractivity contribution in [1.82, 2.24) is 9.97 Å². The highest BCUT2D eigenvalue weighted by Crippen LogP contribution is 2.21. The molecule has 0 aliphatic carbocycles. The van der Waals surface area contributed by atoms with Crippen molar-refractivity contribution in [3.63, 3.8) is 0 Å². The van der Waals surface area contributed by atoms with Crippen LogP contribution in [0.5, 0.6) is 5.88 Å². The number of ether oxygens (including phenoxy) is 2. The minimum Gasteiger partial charge on any atom is -0.474 e. The summed E-state index contributed by atoms with van der Waals surface area (Å²) in [5.74, 6) is 0.915. The average Bonchev–Trinajstić information content (AvgIpc) is 2.34. The summed E-state index contributed by atoms with van der Waals surface area (Å²) in [7, 11) is 0. The normalized spacial score (nSPS) is 10.7. The fourth-order valence-electron chi connectivity index (χ4n) is 1.20. The van der Waals surface area contributed by atoms with Crippen molar-refractivity contribution in [2.45, 2.75) is 33.3 Å². The number of hydrogen-bond acceptors (Lipinski definition) is 5. The summed E-state index contributed by atoms with van der Waals surface area (Å²) < 4.78 is 10.8. The first-order valence-electron chi connectivity index (χ1n) is 6.14. The summed E-state index contributed by atoms with van der Waals surface area (Å²) in [5.41, 5.74) is 0. The van der Waals surface area contributed by atoms with Gasteiger partial charge in [-0.3, -0.25) is 0 Å². The fraction of sp³-hybridized carbons (Fsp3) is 0.667. The first kappa shape index (κ1) is 15.0. The van der Waals surface area contributed by atoms with Crippen molar-refractivity contribution < 1.29 is 9.47 Å². The van der Waals surface area contributed by atoms with Crippen LogP contribution in [0.4, 0.5) is 5.95 Å². The highest BCUT2D eigenvalue weighted by molar-refractivity contribution is 6.31. The topological polar surface area (TPSA) is 56.3 Å². The summed E-state index contributed by atoms with van der Waals surface area (Å²) >= 11 is 5.95. The number of nitrogens with zero attached hydrogens (tertiary/aromatic N) is 2. The van der Waals surface area contributed by atoms with Crippen molar-refractivity contribution in [2.75, 3.05) is 25.1 Å². The molecule has 1 aromatic rings. The Labute approximate surface area is 113 Å². The van der Waals surface area contributed by atoms with Gasteiger partial charge in [0.05, 0.1) is 18.9 Å². The van der Waals surface area contributed by atoms with Crippen LogP contribution >= 0.6 is 11.6 Å². The molecular weight excluding hydrogens is 254 g/mol. The third-order valence-corrected chi connectivity index (χ3v) is 2.28. The summed E-state index contributed by atoms with van der Waals surface area (Å²) in [6.45, 7) is 7.77. The zero-order valence-corrected chi connectivity index (χ0v) is 11.8. The van der Waals surface area contributed by atoms with Gasteiger partial charge in [-0.2, -0.15) is 4.98 Å². The van der Waals surface area contributed by atoms with E-state index in [-0.39, 0.29) is 6.10 Å². The van der Waals surface area contributed by atoms with Crippen LogP contribution in [0, 0.1) is 0 Å². The lowest BCUT2D eigenvalue weighted by Gasteiger charge is -2.10.